The van der Waals surface area contributed by atoms with Crippen molar-refractivity contribution in [2.75, 3.05) is 20.3 Å². The van der Waals surface area contributed by atoms with Gasteiger partial charge in [0.15, 0.2) is 0 Å². The Balaban J connectivity index is 1.56. The first-order valence-electron chi connectivity index (χ1n) is 7.60. The molecule has 3 heterocycles. The molecule has 0 unspecified atom stereocenters. The molecular formula is C17H17N3O4. The van der Waals surface area contributed by atoms with Crippen molar-refractivity contribution in [3.8, 4) is 22.9 Å². The number of imide groups is 1. The van der Waals surface area contributed by atoms with Gasteiger partial charge in [-0.2, -0.15) is 0 Å². The smallest absolute Gasteiger partial charge is 0.229 e. The van der Waals surface area contributed by atoms with Crippen LogP contribution in [0.15, 0.2) is 36.7 Å². The van der Waals surface area contributed by atoms with Crippen molar-refractivity contribution in [1.82, 2.24) is 14.9 Å². The highest BCUT2D eigenvalue weighted by atomic mass is 16.5. The van der Waals surface area contributed by atoms with Gasteiger partial charge in [0.25, 0.3) is 0 Å². The first-order valence-corrected chi connectivity index (χ1v) is 7.60. The van der Waals surface area contributed by atoms with E-state index in [-0.39, 0.29) is 25.0 Å². The van der Waals surface area contributed by atoms with Crippen molar-refractivity contribution in [2.45, 2.75) is 12.8 Å². The lowest BCUT2D eigenvalue weighted by atomic mass is 10.2. The van der Waals surface area contributed by atoms with E-state index in [1.54, 1.807) is 31.6 Å². The van der Waals surface area contributed by atoms with Gasteiger partial charge in [-0.05, 0) is 18.2 Å². The van der Waals surface area contributed by atoms with Crippen molar-refractivity contribution in [2.24, 2.45) is 0 Å². The number of carbonyl (C=O) groups excluding carboxylic acids is 2. The zero-order valence-corrected chi connectivity index (χ0v) is 13.3. The molecule has 0 radical (unpaired) electrons. The number of carbonyl (C=O) groups is 2. The minimum atomic E-state index is -0.135. The van der Waals surface area contributed by atoms with Gasteiger partial charge < -0.3 is 9.47 Å². The Labute approximate surface area is 139 Å². The maximum atomic E-state index is 11.5. The van der Waals surface area contributed by atoms with Crippen LogP contribution >= 0.6 is 0 Å². The van der Waals surface area contributed by atoms with E-state index >= 15 is 0 Å². The van der Waals surface area contributed by atoms with Crippen LogP contribution in [0.1, 0.15) is 12.8 Å². The first kappa shape index (κ1) is 15.9. The van der Waals surface area contributed by atoms with Crippen LogP contribution in [-0.2, 0) is 9.59 Å². The van der Waals surface area contributed by atoms with Gasteiger partial charge >= 0.3 is 0 Å². The molecule has 1 aliphatic heterocycles. The van der Waals surface area contributed by atoms with Gasteiger partial charge in [0, 0.05) is 30.7 Å². The first-order chi connectivity index (χ1) is 11.7. The summed E-state index contributed by atoms with van der Waals surface area (Å²) in [5, 5.41) is 0. The number of hydrogen-bond donors (Lipinski definition) is 0. The third kappa shape index (κ3) is 3.51. The van der Waals surface area contributed by atoms with Gasteiger partial charge in [-0.15, -0.1) is 0 Å². The predicted molar refractivity (Wildman–Crippen MR) is 85.5 cm³/mol. The standard InChI is InChI=1S/C17H17N3O4/c1-23-15-5-2-12(10-19-15)14-4-3-13(11-18-14)24-9-8-20-16(21)6-7-17(20)22/h2-5,10-11H,6-9H2,1H3. The number of amides is 2. The maximum Gasteiger partial charge on any atom is 0.229 e. The average Bonchev–Trinajstić information content (AvgIpc) is 2.94. The van der Waals surface area contributed by atoms with Gasteiger partial charge in [0.1, 0.15) is 12.4 Å². The number of hydrogen-bond acceptors (Lipinski definition) is 6. The molecule has 0 bridgehead atoms. The van der Waals surface area contributed by atoms with Crippen molar-refractivity contribution in [3.05, 3.63) is 36.7 Å². The zero-order chi connectivity index (χ0) is 16.9. The minimum absolute atomic E-state index is 0.135. The summed E-state index contributed by atoms with van der Waals surface area (Å²) in [6, 6.07) is 7.26. The summed E-state index contributed by atoms with van der Waals surface area (Å²) in [7, 11) is 1.57. The van der Waals surface area contributed by atoms with Crippen LogP contribution < -0.4 is 9.47 Å². The predicted octanol–water partition coefficient (Wildman–Crippen LogP) is 1.68. The third-order valence-corrected chi connectivity index (χ3v) is 3.72. The van der Waals surface area contributed by atoms with Crippen LogP contribution in [0.4, 0.5) is 0 Å². The Bertz CT molecular complexity index is 713. The molecule has 0 N–H and O–H groups in total. The van der Waals surface area contributed by atoms with Crippen LogP contribution in [0.2, 0.25) is 0 Å². The Kier molecular flexibility index (Phi) is 4.69. The molecule has 2 aromatic rings. The quantitative estimate of drug-likeness (QED) is 0.751. The third-order valence-electron chi connectivity index (χ3n) is 3.72. The van der Waals surface area contributed by atoms with E-state index in [9.17, 15) is 9.59 Å². The van der Waals surface area contributed by atoms with E-state index in [0.717, 1.165) is 11.3 Å². The Morgan fingerprint density at radius 1 is 1.04 bits per heavy atom. The molecule has 0 atom stereocenters. The van der Waals surface area contributed by atoms with E-state index in [4.69, 9.17) is 9.47 Å². The lowest BCUT2D eigenvalue weighted by molar-refractivity contribution is -0.138. The summed E-state index contributed by atoms with van der Waals surface area (Å²) >= 11 is 0. The monoisotopic (exact) mass is 327 g/mol. The van der Waals surface area contributed by atoms with Crippen LogP contribution in [-0.4, -0.2) is 46.9 Å². The number of aromatic nitrogens is 2. The minimum Gasteiger partial charge on any atom is -0.490 e. The fourth-order valence-electron chi connectivity index (χ4n) is 2.42. The molecule has 2 amide bonds. The molecule has 7 nitrogen and oxygen atoms in total. The van der Waals surface area contributed by atoms with Crippen LogP contribution in [0.25, 0.3) is 11.3 Å². The molecule has 0 spiro atoms. The number of likely N-dealkylation sites (tertiary alicyclic amines) is 1. The molecule has 2 aromatic heterocycles. The van der Waals surface area contributed by atoms with Gasteiger partial charge in [-0.25, -0.2) is 4.98 Å². The van der Waals surface area contributed by atoms with Crippen LogP contribution in [0, 0.1) is 0 Å². The van der Waals surface area contributed by atoms with Gasteiger partial charge in [-0.3, -0.25) is 19.5 Å². The molecule has 124 valence electrons. The van der Waals surface area contributed by atoms with E-state index in [1.807, 2.05) is 12.1 Å². The Hall–Kier alpha value is -2.96. The molecule has 24 heavy (non-hydrogen) atoms. The second-order valence-electron chi connectivity index (χ2n) is 5.26. The fourth-order valence-corrected chi connectivity index (χ4v) is 2.42. The normalized spacial score (nSPS) is 14.1. The van der Waals surface area contributed by atoms with Gasteiger partial charge in [0.05, 0.1) is 25.5 Å². The summed E-state index contributed by atoms with van der Waals surface area (Å²) < 4.78 is 10.6. The second-order valence-corrected chi connectivity index (χ2v) is 5.26. The van der Waals surface area contributed by atoms with Crippen molar-refractivity contribution >= 4 is 11.8 Å². The summed E-state index contributed by atoms with van der Waals surface area (Å²) in [4.78, 5) is 32.7. The van der Waals surface area contributed by atoms with Crippen LogP contribution in [0.3, 0.4) is 0 Å². The summed E-state index contributed by atoms with van der Waals surface area (Å²) in [5.41, 5.74) is 1.64. The number of nitrogens with zero attached hydrogens (tertiary/aromatic N) is 3. The highest BCUT2D eigenvalue weighted by molar-refractivity contribution is 6.01. The molecule has 1 aliphatic rings. The number of ether oxygens (including phenoxy) is 2. The van der Waals surface area contributed by atoms with E-state index in [2.05, 4.69) is 9.97 Å². The summed E-state index contributed by atoms with van der Waals surface area (Å²) in [5.74, 6) is 0.859. The van der Waals surface area contributed by atoms with Crippen molar-refractivity contribution in [3.63, 3.8) is 0 Å². The number of pyridine rings is 2. The molecule has 7 heteroatoms. The number of methoxy groups -OCH3 is 1. The lowest BCUT2D eigenvalue weighted by Crippen LogP contribution is -2.33. The summed E-state index contributed by atoms with van der Waals surface area (Å²) in [6.07, 6.45) is 3.88. The fraction of sp³-hybridized carbons (Fsp3) is 0.294. The van der Waals surface area contributed by atoms with Gasteiger partial charge in [0.2, 0.25) is 17.7 Å². The van der Waals surface area contributed by atoms with Crippen LogP contribution in [0.5, 0.6) is 11.6 Å². The number of rotatable bonds is 6. The van der Waals surface area contributed by atoms with Gasteiger partial charge in [-0.1, -0.05) is 0 Å². The highest BCUT2D eigenvalue weighted by Crippen LogP contribution is 2.20. The SMILES string of the molecule is COc1ccc(-c2ccc(OCCN3C(=O)CCC3=O)cn2)cn1. The van der Waals surface area contributed by atoms with E-state index < -0.39 is 0 Å². The average molecular weight is 327 g/mol. The summed E-state index contributed by atoms with van der Waals surface area (Å²) in [6.45, 7) is 0.518. The molecule has 0 aromatic carbocycles. The molecule has 1 saturated heterocycles. The zero-order valence-electron chi connectivity index (χ0n) is 13.3. The second kappa shape index (κ2) is 7.08. The Morgan fingerprint density at radius 2 is 1.83 bits per heavy atom. The Morgan fingerprint density at radius 3 is 2.42 bits per heavy atom. The van der Waals surface area contributed by atoms with E-state index in [1.165, 1.54) is 4.90 Å². The molecule has 0 saturated carbocycles. The molecule has 0 aliphatic carbocycles. The maximum absolute atomic E-state index is 11.5. The topological polar surface area (TPSA) is 81.6 Å². The molecular weight excluding hydrogens is 310 g/mol. The van der Waals surface area contributed by atoms with E-state index in [0.29, 0.717) is 24.5 Å². The van der Waals surface area contributed by atoms with Crippen molar-refractivity contribution in [1.29, 1.82) is 0 Å². The molecule has 3 rings (SSSR count). The largest absolute Gasteiger partial charge is 0.490 e. The highest BCUT2D eigenvalue weighted by Gasteiger charge is 2.28. The lowest BCUT2D eigenvalue weighted by Gasteiger charge is -2.14. The van der Waals surface area contributed by atoms with Crippen molar-refractivity contribution < 1.29 is 19.1 Å². The molecule has 1 fully saturated rings.